The van der Waals surface area contributed by atoms with Crippen LogP contribution in [0, 0.1) is 5.92 Å². The Hall–Kier alpha value is -3.38. The van der Waals surface area contributed by atoms with E-state index in [1.165, 1.54) is 80.9 Å². The van der Waals surface area contributed by atoms with E-state index < -0.39 is 0 Å². The molecule has 1 aliphatic carbocycles. The van der Waals surface area contributed by atoms with E-state index >= 15 is 0 Å². The van der Waals surface area contributed by atoms with Crippen LogP contribution in [-0.4, -0.2) is 65.6 Å². The van der Waals surface area contributed by atoms with Gasteiger partial charge in [-0.15, -0.1) is 0 Å². The quantitative estimate of drug-likeness (QED) is 0.272. The van der Waals surface area contributed by atoms with E-state index in [-0.39, 0.29) is 11.9 Å². The second-order valence-corrected chi connectivity index (χ2v) is 13.1. The summed E-state index contributed by atoms with van der Waals surface area (Å²) in [5.74, 6) is 1.07. The highest BCUT2D eigenvalue weighted by atomic mass is 16.5. The molecule has 46 heavy (non-hydrogen) atoms. The van der Waals surface area contributed by atoms with Crippen molar-refractivity contribution in [1.29, 1.82) is 0 Å². The number of fused-ring (bicyclic) bond motifs is 5. The number of esters is 1. The third kappa shape index (κ3) is 6.69. The standard InChI is InChI=1S/C36H43N3O3.2C2H6/c1-24-14-17-38(22-24)29-15-18-37(19-16-29)35(40)28-20-26-10-6-7-11-30(26)34-33(25-8-4-3-5-9-25)31-13-12-27(36(41)42-2)21-32(31)39(34)23-28;2*1-2/h6-7,10-13,20-21,24-25,29H,3-5,8-9,14-19,22-23H2,1-2H3;2*1-2H3. The molecule has 2 saturated heterocycles. The van der Waals surface area contributed by atoms with Gasteiger partial charge in [-0.3, -0.25) is 9.69 Å². The van der Waals surface area contributed by atoms with Crippen molar-refractivity contribution in [1.82, 2.24) is 14.4 Å². The Labute approximate surface area is 276 Å². The number of carbonyl (C=O) groups is 2. The molecule has 6 heteroatoms. The van der Waals surface area contributed by atoms with E-state index in [1.54, 1.807) is 0 Å². The van der Waals surface area contributed by atoms with Gasteiger partial charge in [0.2, 0.25) is 0 Å². The lowest BCUT2D eigenvalue weighted by molar-refractivity contribution is -0.128. The molecule has 3 fully saturated rings. The Morgan fingerprint density at radius 2 is 1.57 bits per heavy atom. The van der Waals surface area contributed by atoms with Crippen LogP contribution in [0.2, 0.25) is 0 Å². The number of likely N-dealkylation sites (tertiary alicyclic amines) is 2. The van der Waals surface area contributed by atoms with Crippen molar-refractivity contribution in [3.05, 3.63) is 64.7 Å². The third-order valence-electron chi connectivity index (χ3n) is 10.4. The second-order valence-electron chi connectivity index (χ2n) is 13.1. The van der Waals surface area contributed by atoms with E-state index in [2.05, 4.69) is 57.7 Å². The molecule has 3 aromatic rings. The van der Waals surface area contributed by atoms with E-state index in [0.717, 1.165) is 48.5 Å². The molecule has 4 heterocycles. The Morgan fingerprint density at radius 1 is 0.848 bits per heavy atom. The summed E-state index contributed by atoms with van der Waals surface area (Å²) in [6.07, 6.45) is 11.7. The molecule has 1 atom stereocenters. The zero-order valence-electron chi connectivity index (χ0n) is 29.1. The molecule has 4 aliphatic rings. The van der Waals surface area contributed by atoms with Crippen molar-refractivity contribution >= 4 is 28.9 Å². The van der Waals surface area contributed by atoms with Gasteiger partial charge in [0, 0.05) is 47.7 Å². The van der Waals surface area contributed by atoms with Crippen LogP contribution < -0.4 is 0 Å². The molecule has 1 aromatic heterocycles. The van der Waals surface area contributed by atoms with Gasteiger partial charge in [-0.2, -0.15) is 0 Å². The van der Waals surface area contributed by atoms with Gasteiger partial charge in [0.25, 0.3) is 5.91 Å². The van der Waals surface area contributed by atoms with Crippen LogP contribution >= 0.6 is 0 Å². The fourth-order valence-corrected chi connectivity index (χ4v) is 8.19. The van der Waals surface area contributed by atoms with Crippen molar-refractivity contribution in [2.45, 2.75) is 104 Å². The molecule has 0 bridgehead atoms. The van der Waals surface area contributed by atoms with Crippen LogP contribution in [0.4, 0.5) is 0 Å². The summed E-state index contributed by atoms with van der Waals surface area (Å²) in [7, 11) is 1.43. The second kappa shape index (κ2) is 15.5. The molecule has 3 aliphatic heterocycles. The van der Waals surface area contributed by atoms with Gasteiger partial charge in [-0.05, 0) is 79.8 Å². The van der Waals surface area contributed by atoms with E-state index in [9.17, 15) is 9.59 Å². The highest BCUT2D eigenvalue weighted by Gasteiger charge is 2.34. The average Bonchev–Trinajstić information content (AvgIpc) is 3.65. The van der Waals surface area contributed by atoms with Crippen LogP contribution in [0.25, 0.3) is 28.2 Å². The first-order valence-electron chi connectivity index (χ1n) is 18.1. The molecule has 6 nitrogen and oxygen atoms in total. The van der Waals surface area contributed by atoms with Gasteiger partial charge < -0.3 is 14.2 Å². The zero-order valence-corrected chi connectivity index (χ0v) is 29.1. The lowest BCUT2D eigenvalue weighted by atomic mass is 9.81. The number of benzene rings is 2. The summed E-state index contributed by atoms with van der Waals surface area (Å²) >= 11 is 0. The number of rotatable bonds is 4. The number of hydrogen-bond donors (Lipinski definition) is 0. The molecule has 7 rings (SSSR count). The van der Waals surface area contributed by atoms with Crippen LogP contribution in [0.3, 0.4) is 0 Å². The predicted molar refractivity (Wildman–Crippen MR) is 190 cm³/mol. The van der Waals surface area contributed by atoms with Crippen LogP contribution in [0.15, 0.2) is 48.0 Å². The smallest absolute Gasteiger partial charge is 0.337 e. The molecule has 1 saturated carbocycles. The molecule has 248 valence electrons. The predicted octanol–water partition coefficient (Wildman–Crippen LogP) is 8.92. The topological polar surface area (TPSA) is 54.8 Å². The highest BCUT2D eigenvalue weighted by molar-refractivity contribution is 6.03. The molecule has 0 N–H and O–H groups in total. The van der Waals surface area contributed by atoms with Crippen LogP contribution in [0.1, 0.15) is 113 Å². The fourth-order valence-electron chi connectivity index (χ4n) is 8.19. The van der Waals surface area contributed by atoms with Crippen LogP contribution in [0.5, 0.6) is 0 Å². The number of hydrogen-bond acceptors (Lipinski definition) is 4. The van der Waals surface area contributed by atoms with Crippen molar-refractivity contribution in [3.8, 4) is 11.3 Å². The Morgan fingerprint density at radius 3 is 2.24 bits per heavy atom. The molecule has 1 amide bonds. The molecular weight excluding hydrogens is 570 g/mol. The third-order valence-corrected chi connectivity index (χ3v) is 10.4. The average molecular weight is 626 g/mol. The minimum absolute atomic E-state index is 0.149. The molecule has 0 radical (unpaired) electrons. The minimum atomic E-state index is -0.331. The maximum absolute atomic E-state index is 14.2. The first-order valence-corrected chi connectivity index (χ1v) is 18.1. The summed E-state index contributed by atoms with van der Waals surface area (Å²) in [6, 6.07) is 15.1. The first-order chi connectivity index (χ1) is 22.5. The largest absolute Gasteiger partial charge is 0.465 e. The summed E-state index contributed by atoms with van der Waals surface area (Å²) in [5, 5.41) is 1.20. The number of ether oxygens (including phenoxy) is 1. The normalized spacial score (nSPS) is 20.3. The Balaban J connectivity index is 0.00000100. The van der Waals surface area contributed by atoms with E-state index in [1.807, 2.05) is 39.8 Å². The van der Waals surface area contributed by atoms with Gasteiger partial charge in [0.15, 0.2) is 0 Å². The Kier molecular flexibility index (Phi) is 11.4. The number of amides is 1. The highest BCUT2D eigenvalue weighted by Crippen LogP contribution is 2.46. The Bertz CT molecular complexity index is 1540. The summed E-state index contributed by atoms with van der Waals surface area (Å²) in [6.45, 7) is 14.9. The van der Waals surface area contributed by atoms with E-state index in [4.69, 9.17) is 4.74 Å². The number of piperidine rings is 1. The van der Waals surface area contributed by atoms with Crippen LogP contribution in [-0.2, 0) is 16.1 Å². The molecule has 2 aromatic carbocycles. The van der Waals surface area contributed by atoms with Gasteiger partial charge in [-0.25, -0.2) is 4.79 Å². The number of carbonyl (C=O) groups excluding carboxylic acids is 2. The summed E-state index contributed by atoms with van der Waals surface area (Å²) < 4.78 is 7.43. The molecule has 1 unspecified atom stereocenters. The zero-order chi connectivity index (χ0) is 32.8. The SMILES string of the molecule is CC.CC.COC(=O)c1ccc2c(C3CCCCC3)c3n(c2c1)CC(C(=O)N1CCC(N2CCC(C)C2)CC1)=Cc1ccccc1-3. The van der Waals surface area contributed by atoms with Crippen molar-refractivity contribution in [3.63, 3.8) is 0 Å². The van der Waals surface area contributed by atoms with Crippen molar-refractivity contribution < 1.29 is 14.3 Å². The van der Waals surface area contributed by atoms with Crippen molar-refractivity contribution in [2.75, 3.05) is 33.3 Å². The number of aromatic nitrogens is 1. The monoisotopic (exact) mass is 625 g/mol. The fraction of sp³-hybridized carbons (Fsp3) is 0.550. The van der Waals surface area contributed by atoms with E-state index in [0.29, 0.717) is 24.1 Å². The van der Waals surface area contributed by atoms with Gasteiger partial charge >= 0.3 is 5.97 Å². The molecular formula is C40H55N3O3. The van der Waals surface area contributed by atoms with Gasteiger partial charge in [0.1, 0.15) is 0 Å². The summed E-state index contributed by atoms with van der Waals surface area (Å²) in [4.78, 5) is 31.6. The van der Waals surface area contributed by atoms with Crippen molar-refractivity contribution in [2.24, 2.45) is 5.92 Å². The molecule has 0 spiro atoms. The first kappa shape index (κ1) is 34.0. The minimum Gasteiger partial charge on any atom is -0.465 e. The van der Waals surface area contributed by atoms with Gasteiger partial charge in [-0.1, -0.05) is 84.2 Å². The lowest BCUT2D eigenvalue weighted by Gasteiger charge is -2.37. The lowest BCUT2D eigenvalue weighted by Crippen LogP contribution is -2.46. The van der Waals surface area contributed by atoms with Gasteiger partial charge in [0.05, 0.1) is 24.9 Å². The number of nitrogens with zero attached hydrogens (tertiary/aromatic N) is 3. The number of methoxy groups -OCH3 is 1. The maximum Gasteiger partial charge on any atom is 0.337 e. The summed E-state index contributed by atoms with van der Waals surface area (Å²) in [5.41, 5.74) is 7.28. The maximum atomic E-state index is 14.2.